The fourth-order valence-electron chi connectivity index (χ4n) is 1.90. The summed E-state index contributed by atoms with van der Waals surface area (Å²) in [5, 5.41) is 17.1. The summed E-state index contributed by atoms with van der Waals surface area (Å²) in [5.74, 6) is -0.140. The van der Waals surface area contributed by atoms with Gasteiger partial charge in [-0.3, -0.25) is 0 Å². The molecule has 0 spiro atoms. The highest BCUT2D eigenvalue weighted by Crippen LogP contribution is 2.14. The van der Waals surface area contributed by atoms with Gasteiger partial charge in [0.1, 0.15) is 17.9 Å². The second kappa shape index (κ2) is 4.20. The Morgan fingerprint density at radius 1 is 1.42 bits per heavy atom. The number of carbonyl (C=O) groups is 1. The Morgan fingerprint density at radius 2 is 2.26 bits per heavy atom. The molecule has 0 saturated carbocycles. The molecule has 2 aromatic heterocycles. The maximum absolute atomic E-state index is 11.0. The van der Waals surface area contributed by atoms with E-state index < -0.39 is 5.97 Å². The molecule has 2 heterocycles. The van der Waals surface area contributed by atoms with Crippen LogP contribution in [0.3, 0.4) is 0 Å². The lowest BCUT2D eigenvalue weighted by atomic mass is 10.2. The predicted octanol–water partition coefficient (Wildman–Crippen LogP) is 0.911. The zero-order valence-electron chi connectivity index (χ0n) is 10.2. The zero-order chi connectivity index (χ0) is 13.4. The monoisotopic (exact) mass is 257 g/mol. The lowest BCUT2D eigenvalue weighted by Crippen LogP contribution is -2.07. The molecule has 7 heteroatoms. The number of imidazole rings is 1. The molecule has 7 nitrogen and oxygen atoms in total. The summed E-state index contributed by atoms with van der Waals surface area (Å²) in [6.07, 6.45) is 3.55. The molecular formula is C12H11N5O2. The van der Waals surface area contributed by atoms with Crippen LogP contribution in [-0.4, -0.2) is 35.6 Å². The minimum Gasteiger partial charge on any atom is -0.478 e. The molecule has 0 bridgehead atoms. The fraction of sp³-hybridized carbons (Fsp3) is 0.167. The van der Waals surface area contributed by atoms with Crippen LogP contribution in [0.25, 0.3) is 11.0 Å². The standard InChI is InChI=1S/C12H11N5O2/c1-16-5-4-13-11(16)7-17-10-6-8(12(18)19)2-3-9(10)14-15-17/h2-6H,7H2,1H3,(H,18,19). The van der Waals surface area contributed by atoms with Gasteiger partial charge in [-0.25, -0.2) is 14.5 Å². The number of aryl methyl sites for hydroxylation is 1. The minimum absolute atomic E-state index is 0.218. The average Bonchev–Trinajstić information content (AvgIpc) is 2.97. The van der Waals surface area contributed by atoms with Gasteiger partial charge in [0.05, 0.1) is 11.1 Å². The third-order valence-electron chi connectivity index (χ3n) is 2.97. The van der Waals surface area contributed by atoms with Gasteiger partial charge >= 0.3 is 5.97 Å². The highest BCUT2D eigenvalue weighted by atomic mass is 16.4. The van der Waals surface area contributed by atoms with E-state index in [2.05, 4.69) is 15.3 Å². The number of aromatic carboxylic acids is 1. The number of hydrogen-bond donors (Lipinski definition) is 1. The van der Waals surface area contributed by atoms with Crippen LogP contribution in [0.1, 0.15) is 16.2 Å². The third-order valence-corrected chi connectivity index (χ3v) is 2.97. The summed E-state index contributed by atoms with van der Waals surface area (Å²) in [7, 11) is 1.89. The minimum atomic E-state index is -0.966. The van der Waals surface area contributed by atoms with Crippen molar-refractivity contribution < 1.29 is 9.90 Å². The Hall–Kier alpha value is -2.70. The Kier molecular flexibility index (Phi) is 2.52. The number of rotatable bonds is 3. The van der Waals surface area contributed by atoms with Gasteiger partial charge in [-0.1, -0.05) is 5.21 Å². The van der Waals surface area contributed by atoms with Crippen molar-refractivity contribution in [2.45, 2.75) is 6.54 Å². The fourth-order valence-corrected chi connectivity index (χ4v) is 1.90. The molecule has 0 aliphatic heterocycles. The summed E-state index contributed by atoms with van der Waals surface area (Å²) in [4.78, 5) is 15.2. The Balaban J connectivity index is 2.06. The number of nitrogens with zero attached hydrogens (tertiary/aromatic N) is 5. The van der Waals surface area contributed by atoms with Crippen LogP contribution in [0.2, 0.25) is 0 Å². The summed E-state index contributed by atoms with van der Waals surface area (Å²) < 4.78 is 3.53. The summed E-state index contributed by atoms with van der Waals surface area (Å²) in [6, 6.07) is 4.74. The molecule has 0 saturated heterocycles. The molecule has 0 atom stereocenters. The van der Waals surface area contributed by atoms with Crippen LogP contribution < -0.4 is 0 Å². The molecule has 3 aromatic rings. The molecule has 3 rings (SSSR count). The maximum Gasteiger partial charge on any atom is 0.335 e. The molecule has 19 heavy (non-hydrogen) atoms. The molecule has 96 valence electrons. The molecule has 1 N–H and O–H groups in total. The summed E-state index contributed by atoms with van der Waals surface area (Å²) in [6.45, 7) is 0.447. The Bertz CT molecular complexity index is 758. The smallest absolute Gasteiger partial charge is 0.335 e. The number of carboxylic acid groups (broad SMARTS) is 1. The van der Waals surface area contributed by atoms with Crippen LogP contribution in [0.5, 0.6) is 0 Å². The van der Waals surface area contributed by atoms with Crippen molar-refractivity contribution in [1.29, 1.82) is 0 Å². The van der Waals surface area contributed by atoms with Crippen molar-refractivity contribution in [3.8, 4) is 0 Å². The van der Waals surface area contributed by atoms with E-state index >= 15 is 0 Å². The van der Waals surface area contributed by atoms with Gasteiger partial charge < -0.3 is 9.67 Å². The van der Waals surface area contributed by atoms with Crippen molar-refractivity contribution in [3.63, 3.8) is 0 Å². The van der Waals surface area contributed by atoms with E-state index in [-0.39, 0.29) is 5.56 Å². The van der Waals surface area contributed by atoms with Crippen molar-refractivity contribution in [2.75, 3.05) is 0 Å². The van der Waals surface area contributed by atoms with Gasteiger partial charge in [0.2, 0.25) is 0 Å². The molecule has 0 aliphatic carbocycles. The molecule has 0 fully saturated rings. The Labute approximate surface area is 108 Å². The maximum atomic E-state index is 11.0. The first-order valence-electron chi connectivity index (χ1n) is 5.68. The van der Waals surface area contributed by atoms with Crippen molar-refractivity contribution in [1.82, 2.24) is 24.5 Å². The molecule has 0 amide bonds. The van der Waals surface area contributed by atoms with Crippen molar-refractivity contribution >= 4 is 17.0 Å². The van der Waals surface area contributed by atoms with Gasteiger partial charge in [-0.2, -0.15) is 0 Å². The summed E-state index contributed by atoms with van der Waals surface area (Å²) in [5.41, 5.74) is 1.57. The average molecular weight is 257 g/mol. The van der Waals surface area contributed by atoms with Crippen LogP contribution in [0.15, 0.2) is 30.6 Å². The summed E-state index contributed by atoms with van der Waals surface area (Å²) >= 11 is 0. The van der Waals surface area contributed by atoms with E-state index in [0.717, 1.165) is 5.82 Å². The van der Waals surface area contributed by atoms with Crippen LogP contribution >= 0.6 is 0 Å². The predicted molar refractivity (Wildman–Crippen MR) is 66.8 cm³/mol. The van der Waals surface area contributed by atoms with Crippen molar-refractivity contribution in [2.24, 2.45) is 7.05 Å². The second-order valence-electron chi connectivity index (χ2n) is 4.21. The van der Waals surface area contributed by atoms with Crippen LogP contribution in [0, 0.1) is 0 Å². The molecule has 1 aromatic carbocycles. The van der Waals surface area contributed by atoms with Gasteiger partial charge in [0.15, 0.2) is 0 Å². The largest absolute Gasteiger partial charge is 0.478 e. The number of hydrogen-bond acceptors (Lipinski definition) is 4. The Morgan fingerprint density at radius 3 is 2.95 bits per heavy atom. The molecule has 0 unspecified atom stereocenters. The number of benzene rings is 1. The van der Waals surface area contributed by atoms with Gasteiger partial charge in [-0.15, -0.1) is 5.10 Å². The molecule has 0 radical (unpaired) electrons. The van der Waals surface area contributed by atoms with E-state index in [4.69, 9.17) is 5.11 Å². The second-order valence-corrected chi connectivity index (χ2v) is 4.21. The number of aromatic nitrogens is 5. The quantitative estimate of drug-likeness (QED) is 0.753. The first-order valence-corrected chi connectivity index (χ1v) is 5.68. The third kappa shape index (κ3) is 1.95. The highest BCUT2D eigenvalue weighted by Gasteiger charge is 2.10. The molecule has 0 aliphatic rings. The van der Waals surface area contributed by atoms with Gasteiger partial charge in [0, 0.05) is 19.4 Å². The first kappa shape index (κ1) is 11.4. The SMILES string of the molecule is Cn1ccnc1Cn1nnc2ccc(C(=O)O)cc21. The van der Waals surface area contributed by atoms with Gasteiger partial charge in [0.25, 0.3) is 0 Å². The van der Waals surface area contributed by atoms with Crippen molar-refractivity contribution in [3.05, 3.63) is 42.0 Å². The number of carboxylic acids is 1. The van der Waals surface area contributed by atoms with E-state index in [1.165, 1.54) is 6.07 Å². The van der Waals surface area contributed by atoms with Gasteiger partial charge in [-0.05, 0) is 18.2 Å². The van der Waals surface area contributed by atoms with Crippen LogP contribution in [-0.2, 0) is 13.6 Å². The highest BCUT2D eigenvalue weighted by molar-refractivity contribution is 5.92. The van der Waals surface area contributed by atoms with E-state index in [9.17, 15) is 4.79 Å². The molecular weight excluding hydrogens is 246 g/mol. The van der Waals surface area contributed by atoms with E-state index in [1.54, 1.807) is 23.0 Å². The van der Waals surface area contributed by atoms with E-state index in [0.29, 0.717) is 17.6 Å². The number of fused-ring (bicyclic) bond motifs is 1. The zero-order valence-corrected chi connectivity index (χ0v) is 10.2. The normalized spacial score (nSPS) is 11.0. The first-order chi connectivity index (χ1) is 9.15. The van der Waals surface area contributed by atoms with Crippen LogP contribution in [0.4, 0.5) is 0 Å². The van der Waals surface area contributed by atoms with E-state index in [1.807, 2.05) is 17.8 Å². The topological polar surface area (TPSA) is 85.8 Å². The lowest BCUT2D eigenvalue weighted by molar-refractivity contribution is 0.0697. The lowest BCUT2D eigenvalue weighted by Gasteiger charge is -2.03.